The summed E-state index contributed by atoms with van der Waals surface area (Å²) in [6.45, 7) is 8.58. The molecule has 0 radical (unpaired) electrons. The third kappa shape index (κ3) is 14.8. The van der Waals surface area contributed by atoms with E-state index in [1.165, 1.54) is 12.1 Å². The topological polar surface area (TPSA) is 134 Å². The van der Waals surface area contributed by atoms with Crippen LogP contribution >= 0.6 is 15.6 Å². The van der Waals surface area contributed by atoms with Gasteiger partial charge in [0, 0.05) is 0 Å². The zero-order valence-corrected chi connectivity index (χ0v) is 15.7. The third-order valence-electron chi connectivity index (χ3n) is 2.60. The Morgan fingerprint density at radius 2 is 1.60 bits per heavy atom. The highest BCUT2D eigenvalue weighted by molar-refractivity contribution is 7.46. The van der Waals surface area contributed by atoms with Crippen molar-refractivity contribution < 1.29 is 37.8 Å². The quantitative estimate of drug-likeness (QED) is 0.370. The van der Waals surface area contributed by atoms with Gasteiger partial charge in [0.05, 0.1) is 6.10 Å². The Labute approximate surface area is 147 Å². The van der Waals surface area contributed by atoms with Gasteiger partial charge in [0.15, 0.2) is 0 Å². The number of hydrogen-bond donors (Lipinski definition) is 4. The number of allylic oxidation sites excluding steroid dienone is 1. The molecule has 0 amide bonds. The average molecular weight is 394 g/mol. The molecule has 1 atom stereocenters. The summed E-state index contributed by atoms with van der Waals surface area (Å²) < 4.78 is 29.4. The summed E-state index contributed by atoms with van der Waals surface area (Å²) in [7, 11) is -8.74. The van der Waals surface area contributed by atoms with Crippen LogP contribution in [0.1, 0.15) is 25.3 Å². The van der Waals surface area contributed by atoms with Crippen molar-refractivity contribution >= 4 is 15.6 Å². The molecule has 0 aliphatic rings. The summed E-state index contributed by atoms with van der Waals surface area (Å²) in [5.74, 6) is 0.172. The molecule has 8 nitrogen and oxygen atoms in total. The van der Waals surface area contributed by atoms with Crippen LogP contribution in [0.15, 0.2) is 49.6 Å². The van der Waals surface area contributed by atoms with Crippen molar-refractivity contribution in [2.75, 3.05) is 0 Å². The lowest BCUT2D eigenvalue weighted by molar-refractivity contribution is 0.146. The molecule has 1 rings (SSSR count). The zero-order valence-electron chi connectivity index (χ0n) is 13.9. The molecule has 0 saturated heterocycles. The summed E-state index contributed by atoms with van der Waals surface area (Å²) >= 11 is 0. The van der Waals surface area contributed by atoms with Gasteiger partial charge < -0.3 is 14.3 Å². The van der Waals surface area contributed by atoms with Crippen LogP contribution < -0.4 is 4.52 Å². The fourth-order valence-electron chi connectivity index (χ4n) is 1.64. The van der Waals surface area contributed by atoms with Crippen LogP contribution in [0.2, 0.25) is 0 Å². The van der Waals surface area contributed by atoms with Gasteiger partial charge in [0.25, 0.3) is 0 Å². The smallest absolute Gasteiger partial charge is 0.404 e. The molecule has 1 aromatic rings. The van der Waals surface area contributed by atoms with Gasteiger partial charge in [-0.2, -0.15) is 0 Å². The third-order valence-corrected chi connectivity index (χ3v) is 3.68. The molecule has 142 valence electrons. The molecular weight excluding hydrogens is 370 g/mol. The van der Waals surface area contributed by atoms with E-state index in [-0.39, 0.29) is 5.75 Å². The van der Waals surface area contributed by atoms with Crippen LogP contribution in [0.5, 0.6) is 5.75 Å². The van der Waals surface area contributed by atoms with Crippen molar-refractivity contribution in [3.05, 3.63) is 55.1 Å². The van der Waals surface area contributed by atoms with Crippen LogP contribution in [0, 0.1) is 0 Å². The highest BCUT2D eigenvalue weighted by Crippen LogP contribution is 2.38. The molecule has 25 heavy (non-hydrogen) atoms. The monoisotopic (exact) mass is 394 g/mol. The molecule has 0 aliphatic heterocycles. The highest BCUT2D eigenvalue weighted by Gasteiger charge is 2.17. The maximum atomic E-state index is 10.5. The molecule has 0 fully saturated rings. The number of hydrogen-bond acceptors (Lipinski definition) is 4. The first-order valence-electron chi connectivity index (χ1n) is 7.26. The van der Waals surface area contributed by atoms with Gasteiger partial charge in [0.1, 0.15) is 5.75 Å². The Hall–Kier alpha value is -1.24. The Morgan fingerprint density at radius 3 is 2.00 bits per heavy atom. The van der Waals surface area contributed by atoms with E-state index in [4.69, 9.17) is 19.6 Å². The van der Waals surface area contributed by atoms with Gasteiger partial charge in [-0.15, -0.1) is 13.2 Å². The molecule has 0 aromatic heterocycles. The van der Waals surface area contributed by atoms with Crippen LogP contribution in [-0.2, 0) is 20.1 Å². The van der Waals surface area contributed by atoms with Gasteiger partial charge in [-0.1, -0.05) is 24.3 Å². The summed E-state index contributed by atoms with van der Waals surface area (Å²) in [4.78, 5) is 33.7. The lowest BCUT2D eigenvalue weighted by Crippen LogP contribution is -2.03. The first-order chi connectivity index (χ1) is 11.5. The Balaban J connectivity index is 0.000000504. The standard InChI is InChI=1S/C10H13O4P.C5H11O4P/c1-2-3-4-9-5-7-10(8-6-9)14-15(11,12)13;1-3-4-5(2)9-10(6,7)8/h2,5-8H,1,3-4H2,(H2,11,12,13);3,5H,1,4H2,2H3,(H2,6,7,8). The summed E-state index contributed by atoms with van der Waals surface area (Å²) in [5, 5.41) is 0. The Morgan fingerprint density at radius 1 is 1.04 bits per heavy atom. The molecule has 0 spiro atoms. The van der Waals surface area contributed by atoms with Crippen molar-refractivity contribution in [1.29, 1.82) is 0 Å². The fourth-order valence-corrected chi connectivity index (χ4v) is 2.59. The maximum Gasteiger partial charge on any atom is 0.524 e. The van der Waals surface area contributed by atoms with Crippen molar-refractivity contribution in [2.45, 2.75) is 32.3 Å². The van der Waals surface area contributed by atoms with Crippen LogP contribution in [0.4, 0.5) is 0 Å². The number of phosphoric ester groups is 2. The molecule has 1 aromatic carbocycles. The van der Waals surface area contributed by atoms with Gasteiger partial charge >= 0.3 is 15.6 Å². The summed E-state index contributed by atoms with van der Waals surface area (Å²) in [6, 6.07) is 6.62. The van der Waals surface area contributed by atoms with E-state index in [0.29, 0.717) is 6.42 Å². The molecular formula is C15H24O8P2. The van der Waals surface area contributed by atoms with Gasteiger partial charge in [0.2, 0.25) is 0 Å². The molecule has 10 heteroatoms. The van der Waals surface area contributed by atoms with E-state index >= 15 is 0 Å². The lowest BCUT2D eigenvalue weighted by atomic mass is 10.1. The van der Waals surface area contributed by atoms with E-state index < -0.39 is 21.7 Å². The number of phosphoric acid groups is 2. The van der Waals surface area contributed by atoms with Crippen LogP contribution in [0.25, 0.3) is 0 Å². The minimum Gasteiger partial charge on any atom is -0.404 e. The lowest BCUT2D eigenvalue weighted by Gasteiger charge is -2.10. The first kappa shape index (κ1) is 23.8. The van der Waals surface area contributed by atoms with Crippen LogP contribution in [0.3, 0.4) is 0 Å². The molecule has 4 N–H and O–H groups in total. The van der Waals surface area contributed by atoms with Crippen molar-refractivity contribution in [2.24, 2.45) is 0 Å². The minimum atomic E-state index is -4.44. The average Bonchev–Trinajstić information content (AvgIpc) is 2.44. The number of aryl methyl sites for hydroxylation is 1. The zero-order chi connectivity index (χ0) is 19.5. The molecule has 0 saturated carbocycles. The predicted molar refractivity (Wildman–Crippen MR) is 95.0 cm³/mol. The van der Waals surface area contributed by atoms with E-state index in [2.05, 4.69) is 22.2 Å². The SMILES string of the molecule is C=CCC(C)OP(=O)(O)O.C=CCCc1ccc(OP(=O)(O)O)cc1. The molecule has 0 aliphatic carbocycles. The molecule has 1 unspecified atom stereocenters. The fraction of sp³-hybridized carbons (Fsp3) is 0.333. The summed E-state index contributed by atoms with van der Waals surface area (Å²) in [5.41, 5.74) is 1.08. The second-order valence-electron chi connectivity index (χ2n) is 4.98. The van der Waals surface area contributed by atoms with Gasteiger partial charge in [-0.25, -0.2) is 9.13 Å². The summed E-state index contributed by atoms with van der Waals surface area (Å²) in [6.07, 6.45) is 5.06. The second-order valence-corrected chi connectivity index (χ2v) is 7.34. The normalized spacial score (nSPS) is 12.5. The van der Waals surface area contributed by atoms with Crippen LogP contribution in [-0.4, -0.2) is 25.7 Å². The van der Waals surface area contributed by atoms with Gasteiger partial charge in [-0.05, 0) is 43.9 Å². The van der Waals surface area contributed by atoms with Gasteiger partial charge in [-0.3, -0.25) is 14.3 Å². The van der Waals surface area contributed by atoms with E-state index in [0.717, 1.165) is 18.4 Å². The Kier molecular flexibility index (Phi) is 10.8. The van der Waals surface area contributed by atoms with Crippen molar-refractivity contribution in [3.8, 4) is 5.75 Å². The number of rotatable bonds is 9. The molecule has 0 heterocycles. The highest BCUT2D eigenvalue weighted by atomic mass is 31.2. The van der Waals surface area contributed by atoms with Crippen molar-refractivity contribution in [3.63, 3.8) is 0 Å². The first-order valence-corrected chi connectivity index (χ1v) is 10.3. The van der Waals surface area contributed by atoms with E-state index in [1.54, 1.807) is 25.1 Å². The predicted octanol–water partition coefficient (Wildman–Crippen LogP) is 3.34. The van der Waals surface area contributed by atoms with Crippen molar-refractivity contribution in [1.82, 2.24) is 0 Å². The van der Waals surface area contributed by atoms with E-state index in [1.807, 2.05) is 6.08 Å². The largest absolute Gasteiger partial charge is 0.524 e. The van der Waals surface area contributed by atoms with E-state index in [9.17, 15) is 9.13 Å². The number of benzene rings is 1. The second kappa shape index (κ2) is 11.4. The maximum absolute atomic E-state index is 10.5. The minimum absolute atomic E-state index is 0.172. The molecule has 0 bridgehead atoms. The Bertz CT molecular complexity index is 617.